The summed E-state index contributed by atoms with van der Waals surface area (Å²) in [6, 6.07) is 4.18. The summed E-state index contributed by atoms with van der Waals surface area (Å²) < 4.78 is 0. The zero-order chi connectivity index (χ0) is 13.9. The number of anilines is 1. The average molecular weight is 273 g/mol. The van der Waals surface area contributed by atoms with Crippen molar-refractivity contribution in [3.8, 4) is 0 Å². The molecule has 4 heteroatoms. The summed E-state index contributed by atoms with van der Waals surface area (Å²) in [5, 5.41) is 3.03. The van der Waals surface area contributed by atoms with Gasteiger partial charge in [0.05, 0.1) is 5.56 Å². The summed E-state index contributed by atoms with van der Waals surface area (Å²) in [4.78, 5) is 19.3. The molecule has 3 rings (SSSR count). The van der Waals surface area contributed by atoms with Crippen molar-refractivity contribution in [2.45, 2.75) is 44.6 Å². The van der Waals surface area contributed by atoms with Crippen molar-refractivity contribution in [2.75, 3.05) is 18.9 Å². The fraction of sp³-hybridized carbons (Fsp3) is 0.625. The Labute approximate surface area is 120 Å². The van der Waals surface area contributed by atoms with Crippen molar-refractivity contribution in [3.05, 3.63) is 23.9 Å². The van der Waals surface area contributed by atoms with Gasteiger partial charge in [-0.05, 0) is 43.7 Å². The first-order valence-corrected chi connectivity index (χ1v) is 7.75. The molecule has 4 nitrogen and oxygen atoms in total. The van der Waals surface area contributed by atoms with Crippen molar-refractivity contribution in [1.29, 1.82) is 0 Å². The maximum absolute atomic E-state index is 12.9. The highest BCUT2D eigenvalue weighted by Crippen LogP contribution is 2.36. The lowest BCUT2D eigenvalue weighted by atomic mass is 9.78. The predicted molar refractivity (Wildman–Crippen MR) is 79.8 cm³/mol. The monoisotopic (exact) mass is 273 g/mol. The lowest BCUT2D eigenvalue weighted by molar-refractivity contribution is 0.0391. The number of hydrogen-bond donors (Lipinski definition) is 1. The van der Waals surface area contributed by atoms with Crippen LogP contribution >= 0.6 is 0 Å². The minimum absolute atomic E-state index is 0.152. The van der Waals surface area contributed by atoms with E-state index in [4.69, 9.17) is 0 Å². The number of nitrogens with one attached hydrogen (secondary N) is 1. The molecule has 1 aliphatic carbocycles. The minimum Gasteiger partial charge on any atom is -0.372 e. The van der Waals surface area contributed by atoms with E-state index in [-0.39, 0.29) is 5.91 Å². The van der Waals surface area contributed by atoms with Gasteiger partial charge in [0.25, 0.3) is 5.91 Å². The van der Waals surface area contributed by atoms with Gasteiger partial charge in [-0.1, -0.05) is 12.8 Å². The molecule has 20 heavy (non-hydrogen) atoms. The molecule has 0 radical (unpaired) electrons. The second-order valence-electron chi connectivity index (χ2n) is 5.90. The van der Waals surface area contributed by atoms with Crippen molar-refractivity contribution in [1.82, 2.24) is 9.88 Å². The zero-order valence-corrected chi connectivity index (χ0v) is 12.1. The van der Waals surface area contributed by atoms with Crippen LogP contribution in [0.4, 0.5) is 5.82 Å². The molecule has 108 valence electrons. The van der Waals surface area contributed by atoms with Gasteiger partial charge in [0, 0.05) is 25.8 Å². The molecule has 1 saturated carbocycles. The maximum Gasteiger partial charge on any atom is 0.257 e. The molecule has 0 aromatic carbocycles. The van der Waals surface area contributed by atoms with Gasteiger partial charge in [-0.15, -0.1) is 0 Å². The second-order valence-corrected chi connectivity index (χ2v) is 5.90. The number of carbonyl (C=O) groups excluding carboxylic acids is 1. The first kappa shape index (κ1) is 13.4. The Morgan fingerprint density at radius 2 is 2.10 bits per heavy atom. The predicted octanol–water partition coefficient (Wildman–Crippen LogP) is 2.92. The van der Waals surface area contributed by atoms with Crippen LogP contribution in [0.2, 0.25) is 0 Å². The van der Waals surface area contributed by atoms with E-state index in [0.717, 1.165) is 18.9 Å². The molecule has 2 atom stereocenters. The molecule has 2 heterocycles. The third-order valence-electron chi connectivity index (χ3n) is 4.78. The number of amides is 1. The largest absolute Gasteiger partial charge is 0.372 e. The van der Waals surface area contributed by atoms with Crippen molar-refractivity contribution in [3.63, 3.8) is 0 Å². The van der Waals surface area contributed by atoms with Crippen molar-refractivity contribution in [2.24, 2.45) is 5.92 Å². The Hall–Kier alpha value is -1.58. The van der Waals surface area contributed by atoms with Gasteiger partial charge >= 0.3 is 0 Å². The first-order chi connectivity index (χ1) is 9.81. The molecule has 0 bridgehead atoms. The average Bonchev–Trinajstić information content (AvgIpc) is 2.53. The van der Waals surface area contributed by atoms with Gasteiger partial charge in [-0.25, -0.2) is 4.98 Å². The second kappa shape index (κ2) is 5.81. The van der Waals surface area contributed by atoms with Crippen LogP contribution in [0, 0.1) is 5.92 Å². The molecule has 1 amide bonds. The Morgan fingerprint density at radius 3 is 2.95 bits per heavy atom. The summed E-state index contributed by atoms with van der Waals surface area (Å²) in [7, 11) is 1.82. The number of hydrogen-bond acceptors (Lipinski definition) is 3. The van der Waals surface area contributed by atoms with E-state index < -0.39 is 0 Å². The summed E-state index contributed by atoms with van der Waals surface area (Å²) >= 11 is 0. The fourth-order valence-electron chi connectivity index (χ4n) is 3.81. The minimum atomic E-state index is 0.152. The molecule has 1 aromatic rings. The normalized spacial score (nSPS) is 25.9. The molecular weight excluding hydrogens is 250 g/mol. The molecule has 2 fully saturated rings. The van der Waals surface area contributed by atoms with Gasteiger partial charge in [0.15, 0.2) is 0 Å². The highest BCUT2D eigenvalue weighted by molar-refractivity contribution is 5.98. The Bertz CT molecular complexity index is 486. The van der Waals surface area contributed by atoms with E-state index >= 15 is 0 Å². The van der Waals surface area contributed by atoms with Crippen LogP contribution < -0.4 is 5.32 Å². The highest BCUT2D eigenvalue weighted by atomic mass is 16.2. The highest BCUT2D eigenvalue weighted by Gasteiger charge is 2.36. The molecule has 2 unspecified atom stereocenters. The molecular formula is C16H23N3O. The summed E-state index contributed by atoms with van der Waals surface area (Å²) in [6.45, 7) is 0.901. The summed E-state index contributed by atoms with van der Waals surface area (Å²) in [6.07, 6.45) is 9.21. The lowest BCUT2D eigenvalue weighted by Crippen LogP contribution is -2.49. The first-order valence-electron chi connectivity index (χ1n) is 7.75. The van der Waals surface area contributed by atoms with Crippen LogP contribution in [-0.4, -0.2) is 35.4 Å². The van der Waals surface area contributed by atoms with E-state index in [9.17, 15) is 4.79 Å². The van der Waals surface area contributed by atoms with E-state index in [1.807, 2.05) is 19.2 Å². The van der Waals surface area contributed by atoms with E-state index in [1.165, 1.54) is 32.1 Å². The number of piperidine rings is 1. The van der Waals surface area contributed by atoms with Crippen LogP contribution in [0.15, 0.2) is 18.3 Å². The molecule has 2 aliphatic rings. The number of likely N-dealkylation sites (tertiary alicyclic amines) is 1. The maximum atomic E-state index is 12.9. The number of rotatable bonds is 2. The van der Waals surface area contributed by atoms with Gasteiger partial charge in [-0.2, -0.15) is 0 Å². The Morgan fingerprint density at radius 1 is 1.30 bits per heavy atom. The quantitative estimate of drug-likeness (QED) is 0.901. The SMILES string of the molecule is CNc1ncccc1C(=O)N1CCCC2CCCCC21. The number of fused-ring (bicyclic) bond motifs is 1. The van der Waals surface area contributed by atoms with Crippen molar-refractivity contribution < 1.29 is 4.79 Å². The molecule has 0 spiro atoms. The van der Waals surface area contributed by atoms with Crippen LogP contribution in [0.1, 0.15) is 48.9 Å². The summed E-state index contributed by atoms with van der Waals surface area (Å²) in [5.74, 6) is 1.56. The van der Waals surface area contributed by atoms with Crippen LogP contribution in [-0.2, 0) is 0 Å². The summed E-state index contributed by atoms with van der Waals surface area (Å²) in [5.41, 5.74) is 0.709. The third kappa shape index (κ3) is 2.39. The Kier molecular flexibility index (Phi) is 3.90. The smallest absolute Gasteiger partial charge is 0.257 e. The van der Waals surface area contributed by atoms with Gasteiger partial charge in [-0.3, -0.25) is 4.79 Å². The van der Waals surface area contributed by atoms with Gasteiger partial charge in [0.2, 0.25) is 0 Å². The molecule has 1 aromatic heterocycles. The van der Waals surface area contributed by atoms with Gasteiger partial charge in [0.1, 0.15) is 5.82 Å². The van der Waals surface area contributed by atoms with E-state index in [2.05, 4.69) is 15.2 Å². The fourth-order valence-corrected chi connectivity index (χ4v) is 3.81. The van der Waals surface area contributed by atoms with E-state index in [0.29, 0.717) is 17.4 Å². The molecule has 1 saturated heterocycles. The van der Waals surface area contributed by atoms with Crippen LogP contribution in [0.3, 0.4) is 0 Å². The lowest BCUT2D eigenvalue weighted by Gasteiger charge is -2.44. The topological polar surface area (TPSA) is 45.2 Å². The standard InChI is InChI=1S/C16H23N3O/c1-17-15-13(8-4-10-18-15)16(20)19-11-5-7-12-6-2-3-9-14(12)19/h4,8,10,12,14H,2-3,5-7,9,11H2,1H3,(H,17,18). The molecule has 1 aliphatic heterocycles. The van der Waals surface area contributed by atoms with Crippen LogP contribution in [0.25, 0.3) is 0 Å². The number of nitrogens with zero attached hydrogens (tertiary/aromatic N) is 2. The number of pyridine rings is 1. The van der Waals surface area contributed by atoms with Crippen molar-refractivity contribution >= 4 is 11.7 Å². The number of aromatic nitrogens is 1. The third-order valence-corrected chi connectivity index (χ3v) is 4.78. The van der Waals surface area contributed by atoms with Gasteiger partial charge < -0.3 is 10.2 Å². The Balaban J connectivity index is 1.85. The molecule has 1 N–H and O–H groups in total. The number of carbonyl (C=O) groups is 1. The zero-order valence-electron chi connectivity index (χ0n) is 12.1. The van der Waals surface area contributed by atoms with Crippen LogP contribution in [0.5, 0.6) is 0 Å². The van der Waals surface area contributed by atoms with E-state index in [1.54, 1.807) is 6.20 Å².